The van der Waals surface area contributed by atoms with Crippen molar-refractivity contribution < 1.29 is 9.84 Å². The smallest absolute Gasteiger partial charge is 0.145 e. The number of ether oxygens (including phenoxy) is 1. The van der Waals surface area contributed by atoms with E-state index >= 15 is 0 Å². The van der Waals surface area contributed by atoms with E-state index in [1.807, 2.05) is 43.3 Å². The zero-order valence-electron chi connectivity index (χ0n) is 14.9. The Bertz CT molecular complexity index is 1010. The van der Waals surface area contributed by atoms with Crippen LogP contribution in [-0.4, -0.2) is 34.6 Å². The summed E-state index contributed by atoms with van der Waals surface area (Å²) in [6, 6.07) is 11.5. The molecule has 3 N–H and O–H groups in total. The van der Waals surface area contributed by atoms with Gasteiger partial charge in [-0.15, -0.1) is 0 Å². The number of aromatic nitrogens is 2. The number of aliphatic hydroxyl groups excluding tert-OH is 1. The molecule has 0 aliphatic carbocycles. The lowest BCUT2D eigenvalue weighted by molar-refractivity contribution is 0.411. The molecule has 132 valence electrons. The molecule has 0 saturated carbocycles. The van der Waals surface area contributed by atoms with Gasteiger partial charge in [0, 0.05) is 5.69 Å². The number of amidine groups is 1. The predicted octanol–water partition coefficient (Wildman–Crippen LogP) is 3.95. The molecule has 0 saturated heterocycles. The molecule has 0 amide bonds. The molecule has 0 spiro atoms. The molecule has 2 heterocycles. The van der Waals surface area contributed by atoms with E-state index < -0.39 is 0 Å². The van der Waals surface area contributed by atoms with Crippen LogP contribution in [0.4, 0.5) is 5.69 Å². The highest BCUT2D eigenvalue weighted by atomic mass is 16.5. The molecule has 26 heavy (non-hydrogen) atoms. The molecule has 1 aliphatic heterocycles. The van der Waals surface area contributed by atoms with Crippen molar-refractivity contribution in [1.29, 1.82) is 5.41 Å². The monoisotopic (exact) mass is 348 g/mol. The number of rotatable bonds is 3. The normalized spacial score (nSPS) is 14.6. The Morgan fingerprint density at radius 1 is 1.15 bits per heavy atom. The highest BCUT2D eigenvalue weighted by molar-refractivity contribution is 6.30. The minimum absolute atomic E-state index is 0.137. The maximum absolute atomic E-state index is 10.5. The van der Waals surface area contributed by atoms with Crippen molar-refractivity contribution in [3.8, 4) is 5.75 Å². The second-order valence-corrected chi connectivity index (χ2v) is 6.49. The molecular formula is C20H20N4O2. The van der Waals surface area contributed by atoms with E-state index in [4.69, 9.17) is 10.1 Å². The lowest BCUT2D eigenvalue weighted by Gasteiger charge is -2.18. The Balaban J connectivity index is 1.70. The van der Waals surface area contributed by atoms with Gasteiger partial charge in [-0.3, -0.25) is 5.41 Å². The first-order valence-corrected chi connectivity index (χ1v) is 8.38. The van der Waals surface area contributed by atoms with Crippen LogP contribution in [0.15, 0.2) is 42.2 Å². The molecule has 1 aliphatic rings. The first-order valence-electron chi connectivity index (χ1n) is 8.38. The standard InChI is InChI=1S/C20H20N4O2/c1-11-8-15-16(9-12(11)2)23-20(22-15)18-17(25)10-24(19(18)21)13-4-6-14(26-3)7-5-13/h4-9,21,25H,10H2,1-3H3,(H,22,23). The molecule has 4 rings (SSSR count). The van der Waals surface area contributed by atoms with Crippen molar-refractivity contribution >= 4 is 28.1 Å². The lowest BCUT2D eigenvalue weighted by atomic mass is 10.1. The maximum atomic E-state index is 10.5. The van der Waals surface area contributed by atoms with Gasteiger partial charge in [-0.25, -0.2) is 4.98 Å². The first-order chi connectivity index (χ1) is 12.5. The van der Waals surface area contributed by atoms with Gasteiger partial charge in [0.25, 0.3) is 0 Å². The van der Waals surface area contributed by atoms with Gasteiger partial charge in [-0.2, -0.15) is 0 Å². The van der Waals surface area contributed by atoms with Crippen LogP contribution < -0.4 is 9.64 Å². The van der Waals surface area contributed by atoms with Gasteiger partial charge in [-0.05, 0) is 61.4 Å². The van der Waals surface area contributed by atoms with Gasteiger partial charge in [-0.1, -0.05) is 0 Å². The molecule has 0 atom stereocenters. The number of anilines is 1. The second kappa shape index (κ2) is 5.91. The summed E-state index contributed by atoms with van der Waals surface area (Å²) >= 11 is 0. The van der Waals surface area contributed by atoms with Gasteiger partial charge in [0.05, 0.1) is 30.3 Å². The molecule has 3 aromatic rings. The SMILES string of the molecule is COc1ccc(N2CC(O)=C(c3nc4cc(C)c(C)cc4[nH]3)C2=N)cc1. The fourth-order valence-corrected chi connectivity index (χ4v) is 3.20. The van der Waals surface area contributed by atoms with Crippen molar-refractivity contribution in [3.05, 3.63) is 59.1 Å². The summed E-state index contributed by atoms with van der Waals surface area (Å²) in [6.07, 6.45) is 0. The molecular weight excluding hydrogens is 328 g/mol. The first kappa shape index (κ1) is 16.2. The van der Waals surface area contributed by atoms with E-state index in [0.29, 0.717) is 11.4 Å². The Morgan fingerprint density at radius 3 is 2.54 bits per heavy atom. The van der Waals surface area contributed by atoms with E-state index in [0.717, 1.165) is 28.0 Å². The third-order valence-corrected chi connectivity index (χ3v) is 4.82. The van der Waals surface area contributed by atoms with Crippen molar-refractivity contribution in [3.63, 3.8) is 0 Å². The van der Waals surface area contributed by atoms with Gasteiger partial charge >= 0.3 is 0 Å². The summed E-state index contributed by atoms with van der Waals surface area (Å²) in [5.74, 6) is 1.63. The van der Waals surface area contributed by atoms with Gasteiger partial charge in [0.1, 0.15) is 23.2 Å². The van der Waals surface area contributed by atoms with E-state index in [9.17, 15) is 5.11 Å². The van der Waals surface area contributed by atoms with Crippen LogP contribution in [-0.2, 0) is 0 Å². The Hall–Kier alpha value is -3.28. The highest BCUT2D eigenvalue weighted by Crippen LogP contribution is 2.32. The van der Waals surface area contributed by atoms with E-state index in [1.54, 1.807) is 12.0 Å². The van der Waals surface area contributed by atoms with Crippen LogP contribution in [0, 0.1) is 19.3 Å². The maximum Gasteiger partial charge on any atom is 0.145 e. The number of benzene rings is 2. The van der Waals surface area contributed by atoms with Crippen molar-refractivity contribution in [1.82, 2.24) is 9.97 Å². The molecule has 2 aromatic carbocycles. The predicted molar refractivity (Wildman–Crippen MR) is 103 cm³/mol. The van der Waals surface area contributed by atoms with Crippen LogP contribution in [0.2, 0.25) is 0 Å². The number of imidazole rings is 1. The van der Waals surface area contributed by atoms with Crippen LogP contribution in [0.3, 0.4) is 0 Å². The number of H-pyrrole nitrogens is 1. The Labute approximate surface area is 151 Å². The van der Waals surface area contributed by atoms with Gasteiger partial charge in [0.2, 0.25) is 0 Å². The summed E-state index contributed by atoms with van der Waals surface area (Å²) in [5, 5.41) is 19.0. The summed E-state index contributed by atoms with van der Waals surface area (Å²) in [7, 11) is 1.61. The minimum atomic E-state index is 0.137. The number of aryl methyl sites for hydroxylation is 2. The zero-order chi connectivity index (χ0) is 18.4. The van der Waals surface area contributed by atoms with Crippen LogP contribution in [0.5, 0.6) is 5.75 Å². The summed E-state index contributed by atoms with van der Waals surface area (Å²) in [5.41, 5.74) is 5.33. The third-order valence-electron chi connectivity index (χ3n) is 4.82. The molecule has 0 radical (unpaired) electrons. The number of methoxy groups -OCH3 is 1. The topological polar surface area (TPSA) is 85.2 Å². The van der Waals surface area contributed by atoms with Crippen LogP contribution in [0.1, 0.15) is 17.0 Å². The number of nitrogens with zero attached hydrogens (tertiary/aromatic N) is 2. The summed E-state index contributed by atoms with van der Waals surface area (Å²) in [6.45, 7) is 4.34. The lowest BCUT2D eigenvalue weighted by Crippen LogP contribution is -2.26. The largest absolute Gasteiger partial charge is 0.509 e. The number of aliphatic hydroxyl groups is 1. The molecule has 0 bridgehead atoms. The fraction of sp³-hybridized carbons (Fsp3) is 0.200. The molecule has 6 heteroatoms. The number of hydrogen-bond acceptors (Lipinski definition) is 4. The third kappa shape index (κ3) is 2.50. The van der Waals surface area contributed by atoms with Crippen molar-refractivity contribution in [2.75, 3.05) is 18.6 Å². The number of nitrogens with one attached hydrogen (secondary N) is 2. The van der Waals surface area contributed by atoms with Crippen molar-refractivity contribution in [2.45, 2.75) is 13.8 Å². The fourth-order valence-electron chi connectivity index (χ4n) is 3.20. The molecule has 1 aromatic heterocycles. The van der Waals surface area contributed by atoms with E-state index in [-0.39, 0.29) is 18.1 Å². The van der Waals surface area contributed by atoms with Gasteiger partial charge in [0.15, 0.2) is 0 Å². The summed E-state index contributed by atoms with van der Waals surface area (Å²) in [4.78, 5) is 9.58. The number of fused-ring (bicyclic) bond motifs is 1. The molecule has 0 fully saturated rings. The summed E-state index contributed by atoms with van der Waals surface area (Å²) < 4.78 is 5.18. The molecule has 0 unspecified atom stereocenters. The van der Waals surface area contributed by atoms with Crippen molar-refractivity contribution in [2.24, 2.45) is 0 Å². The van der Waals surface area contributed by atoms with E-state index in [2.05, 4.69) is 16.9 Å². The zero-order valence-corrected chi connectivity index (χ0v) is 14.9. The number of hydrogen-bond donors (Lipinski definition) is 3. The second-order valence-electron chi connectivity index (χ2n) is 6.49. The Kier molecular flexibility index (Phi) is 3.68. The number of aromatic amines is 1. The Morgan fingerprint density at radius 2 is 1.85 bits per heavy atom. The average Bonchev–Trinajstić information content (AvgIpc) is 3.15. The average molecular weight is 348 g/mol. The van der Waals surface area contributed by atoms with Gasteiger partial charge < -0.3 is 19.7 Å². The van der Waals surface area contributed by atoms with Crippen LogP contribution >= 0.6 is 0 Å². The molecule has 6 nitrogen and oxygen atoms in total. The highest BCUT2D eigenvalue weighted by Gasteiger charge is 2.31. The minimum Gasteiger partial charge on any atom is -0.509 e. The van der Waals surface area contributed by atoms with Crippen LogP contribution in [0.25, 0.3) is 16.6 Å². The van der Waals surface area contributed by atoms with E-state index in [1.165, 1.54) is 5.56 Å². The quantitative estimate of drug-likeness (QED) is 0.669.